The highest BCUT2D eigenvalue weighted by molar-refractivity contribution is 5.85. The minimum atomic E-state index is -0.497. The van der Waals surface area contributed by atoms with Gasteiger partial charge in [0.15, 0.2) is 0 Å². The summed E-state index contributed by atoms with van der Waals surface area (Å²) < 4.78 is 36.7. The maximum absolute atomic E-state index is 15.0. The third kappa shape index (κ3) is 5.24. The molecule has 1 fully saturated rings. The second kappa shape index (κ2) is 11.2. The average Bonchev–Trinajstić information content (AvgIpc) is 3.37. The van der Waals surface area contributed by atoms with Gasteiger partial charge in [0.2, 0.25) is 0 Å². The van der Waals surface area contributed by atoms with Crippen LogP contribution in [0.15, 0.2) is 55.0 Å². The summed E-state index contributed by atoms with van der Waals surface area (Å²) in [5.41, 5.74) is 2.80. The van der Waals surface area contributed by atoms with E-state index >= 15 is 4.39 Å². The minimum absolute atomic E-state index is 0.283. The third-order valence-electron chi connectivity index (χ3n) is 8.05. The number of pyridine rings is 2. The van der Waals surface area contributed by atoms with Crippen molar-refractivity contribution in [3.63, 3.8) is 0 Å². The van der Waals surface area contributed by atoms with Gasteiger partial charge in [0, 0.05) is 48.4 Å². The Morgan fingerprint density at radius 1 is 1.12 bits per heavy atom. The molecule has 1 aromatic carbocycles. The molecule has 1 saturated heterocycles. The molecule has 1 aliphatic heterocycles. The Bertz CT molecular complexity index is 1530. The average molecular weight is 545 g/mol. The van der Waals surface area contributed by atoms with Crippen LogP contribution in [-0.2, 0) is 5.41 Å². The summed E-state index contributed by atoms with van der Waals surface area (Å²) in [6.45, 7) is 8.62. The molecule has 4 aromatic rings. The SMILES string of the molecule is CCOc1cc(-c2ccc(N3CCC(CN(C)C(C)C)(c4cc(F)ccc4F)CC3)nc2)c2c(C#N)cnn2c1. The van der Waals surface area contributed by atoms with Gasteiger partial charge in [-0.1, -0.05) is 0 Å². The van der Waals surface area contributed by atoms with Gasteiger partial charge in [0.25, 0.3) is 0 Å². The van der Waals surface area contributed by atoms with Crippen LogP contribution in [0.4, 0.5) is 14.6 Å². The molecule has 0 unspecified atom stereocenters. The number of piperidine rings is 1. The summed E-state index contributed by atoms with van der Waals surface area (Å²) in [7, 11) is 2.03. The monoisotopic (exact) mass is 544 g/mol. The highest BCUT2D eigenvalue weighted by Gasteiger charge is 2.40. The fourth-order valence-electron chi connectivity index (χ4n) is 5.62. The van der Waals surface area contributed by atoms with Crippen molar-refractivity contribution in [3.05, 3.63) is 77.8 Å². The summed E-state index contributed by atoms with van der Waals surface area (Å²) >= 11 is 0. The van der Waals surface area contributed by atoms with Crippen LogP contribution in [0.3, 0.4) is 0 Å². The minimum Gasteiger partial charge on any atom is -0.492 e. The summed E-state index contributed by atoms with van der Waals surface area (Å²) in [6.07, 6.45) is 6.46. The number of halogens is 2. The van der Waals surface area contributed by atoms with Gasteiger partial charge in [-0.15, -0.1) is 0 Å². The van der Waals surface area contributed by atoms with E-state index in [4.69, 9.17) is 9.72 Å². The van der Waals surface area contributed by atoms with Crippen LogP contribution in [0.1, 0.15) is 44.7 Å². The van der Waals surface area contributed by atoms with E-state index in [1.807, 2.05) is 32.2 Å². The van der Waals surface area contributed by atoms with Crippen LogP contribution < -0.4 is 9.64 Å². The molecular formula is C31H34F2N6O. The van der Waals surface area contributed by atoms with Crippen molar-refractivity contribution in [1.82, 2.24) is 19.5 Å². The summed E-state index contributed by atoms with van der Waals surface area (Å²) in [5.74, 6) is 0.708. The van der Waals surface area contributed by atoms with Crippen molar-refractivity contribution < 1.29 is 13.5 Å². The van der Waals surface area contributed by atoms with E-state index in [-0.39, 0.29) is 11.9 Å². The molecule has 0 bridgehead atoms. The lowest BCUT2D eigenvalue weighted by atomic mass is 9.72. The molecule has 0 aliphatic carbocycles. The van der Waals surface area contributed by atoms with Gasteiger partial charge >= 0.3 is 0 Å². The Hall–Kier alpha value is -4.03. The number of nitrogens with zero attached hydrogens (tertiary/aromatic N) is 6. The van der Waals surface area contributed by atoms with Crippen LogP contribution in [0, 0.1) is 23.0 Å². The Labute approximate surface area is 233 Å². The fourth-order valence-corrected chi connectivity index (χ4v) is 5.62. The molecule has 208 valence electrons. The van der Waals surface area contributed by atoms with Gasteiger partial charge in [-0.25, -0.2) is 18.3 Å². The highest BCUT2D eigenvalue weighted by Crippen LogP contribution is 2.40. The molecule has 0 radical (unpaired) electrons. The normalized spacial score (nSPS) is 15.1. The van der Waals surface area contributed by atoms with Crippen molar-refractivity contribution in [2.24, 2.45) is 0 Å². The number of anilines is 1. The first-order valence-corrected chi connectivity index (χ1v) is 13.7. The molecule has 0 spiro atoms. The molecule has 5 rings (SSSR count). The number of nitriles is 1. The van der Waals surface area contributed by atoms with Crippen molar-refractivity contribution in [1.29, 1.82) is 5.26 Å². The van der Waals surface area contributed by atoms with Crippen molar-refractivity contribution >= 4 is 11.3 Å². The Morgan fingerprint density at radius 2 is 1.90 bits per heavy atom. The lowest BCUT2D eigenvalue weighted by Gasteiger charge is -2.45. The van der Waals surface area contributed by atoms with Gasteiger partial charge in [0.05, 0.1) is 30.1 Å². The molecule has 0 amide bonds. The number of hydrogen-bond acceptors (Lipinski definition) is 6. The molecule has 1 aliphatic rings. The summed E-state index contributed by atoms with van der Waals surface area (Å²) in [4.78, 5) is 9.17. The van der Waals surface area contributed by atoms with E-state index in [2.05, 4.69) is 34.8 Å². The zero-order chi connectivity index (χ0) is 28.4. The maximum atomic E-state index is 15.0. The first-order chi connectivity index (χ1) is 19.2. The number of aromatic nitrogens is 3. The van der Waals surface area contributed by atoms with Crippen molar-refractivity contribution in [2.45, 2.75) is 45.1 Å². The van der Waals surface area contributed by atoms with Gasteiger partial charge in [-0.05, 0) is 82.6 Å². The quantitative estimate of drug-likeness (QED) is 0.278. The van der Waals surface area contributed by atoms with Crippen molar-refractivity contribution in [3.8, 4) is 22.9 Å². The van der Waals surface area contributed by atoms with Crippen LogP contribution in [0.5, 0.6) is 5.75 Å². The van der Waals surface area contributed by atoms with Crippen LogP contribution >= 0.6 is 0 Å². The molecule has 0 saturated carbocycles. The largest absolute Gasteiger partial charge is 0.492 e. The molecule has 9 heteroatoms. The van der Waals surface area contributed by atoms with Crippen LogP contribution in [-0.4, -0.2) is 58.8 Å². The van der Waals surface area contributed by atoms with Gasteiger partial charge in [0.1, 0.15) is 29.3 Å². The molecule has 40 heavy (non-hydrogen) atoms. The van der Waals surface area contributed by atoms with Crippen LogP contribution in [0.25, 0.3) is 16.6 Å². The van der Waals surface area contributed by atoms with E-state index in [0.29, 0.717) is 61.5 Å². The van der Waals surface area contributed by atoms with Crippen LogP contribution in [0.2, 0.25) is 0 Å². The Balaban J connectivity index is 1.42. The number of likely N-dealkylation sites (N-methyl/N-ethyl adjacent to an activating group) is 1. The number of hydrogen-bond donors (Lipinski definition) is 0. The third-order valence-corrected chi connectivity index (χ3v) is 8.05. The maximum Gasteiger partial charge on any atom is 0.138 e. The summed E-state index contributed by atoms with van der Waals surface area (Å²) in [5, 5.41) is 13.9. The second-order valence-electron chi connectivity index (χ2n) is 10.8. The Kier molecular flexibility index (Phi) is 7.72. The standard InChI is InChI=1S/C31H34F2N6O/c1-5-40-25-15-26(30-23(16-34)18-36-39(30)19-25)22-6-9-29(35-17-22)38-12-10-31(11-13-38,20-37(4)21(2)3)27-14-24(32)7-8-28(27)33/h6-9,14-15,17-19,21H,5,10-13,20H2,1-4H3. The molecule has 0 N–H and O–H groups in total. The zero-order valence-electron chi connectivity index (χ0n) is 23.4. The van der Waals surface area contributed by atoms with Gasteiger partial charge in [-0.3, -0.25) is 0 Å². The predicted molar refractivity (Wildman–Crippen MR) is 152 cm³/mol. The Morgan fingerprint density at radius 3 is 2.55 bits per heavy atom. The zero-order valence-corrected chi connectivity index (χ0v) is 23.4. The van der Waals surface area contributed by atoms with Gasteiger partial charge in [-0.2, -0.15) is 10.4 Å². The second-order valence-corrected chi connectivity index (χ2v) is 10.8. The lowest BCUT2D eigenvalue weighted by Crippen LogP contribution is -2.50. The molecular weight excluding hydrogens is 510 g/mol. The van der Waals surface area contributed by atoms with E-state index in [0.717, 1.165) is 16.9 Å². The topological polar surface area (TPSA) is 69.7 Å². The predicted octanol–water partition coefficient (Wildman–Crippen LogP) is 5.82. The molecule has 4 heterocycles. The smallest absolute Gasteiger partial charge is 0.138 e. The van der Waals surface area contributed by atoms with Gasteiger partial charge < -0.3 is 14.5 Å². The number of fused-ring (bicyclic) bond motifs is 1. The van der Waals surface area contributed by atoms with Crippen molar-refractivity contribution in [2.75, 3.05) is 38.2 Å². The highest BCUT2D eigenvalue weighted by atomic mass is 19.1. The van der Waals surface area contributed by atoms with E-state index in [9.17, 15) is 9.65 Å². The fraction of sp³-hybridized carbons (Fsp3) is 0.387. The summed E-state index contributed by atoms with van der Waals surface area (Å²) in [6, 6.07) is 12.2. The number of ether oxygens (including phenoxy) is 1. The first-order valence-electron chi connectivity index (χ1n) is 13.7. The molecule has 0 atom stereocenters. The molecule has 3 aromatic heterocycles. The number of rotatable bonds is 8. The van der Waals surface area contributed by atoms with E-state index in [1.54, 1.807) is 23.1 Å². The van der Waals surface area contributed by atoms with E-state index in [1.165, 1.54) is 18.2 Å². The lowest BCUT2D eigenvalue weighted by molar-refractivity contribution is 0.176. The molecule has 7 nitrogen and oxygen atoms in total. The number of benzene rings is 1. The first kappa shape index (κ1) is 27.5. The van der Waals surface area contributed by atoms with E-state index < -0.39 is 11.2 Å².